The van der Waals surface area contributed by atoms with Gasteiger partial charge in [-0.3, -0.25) is 9.69 Å². The van der Waals surface area contributed by atoms with Gasteiger partial charge in [-0.2, -0.15) is 12.6 Å². The average molecular weight is 280 g/mol. The standard InChI is InChI=1S/C14H20N2O2S/c15-13(11-4-2-1-3-5-11)16-8-6-14(19,7-9-16)10-12(17)18/h1-5,13,19H,6-10,15H2,(H,17,18). The van der Waals surface area contributed by atoms with E-state index in [4.69, 9.17) is 10.8 Å². The summed E-state index contributed by atoms with van der Waals surface area (Å²) in [4.78, 5) is 13.0. The second-order valence-electron chi connectivity index (χ2n) is 5.19. The van der Waals surface area contributed by atoms with Gasteiger partial charge < -0.3 is 10.8 Å². The molecule has 0 radical (unpaired) electrons. The Morgan fingerprint density at radius 2 is 1.95 bits per heavy atom. The molecule has 104 valence electrons. The lowest BCUT2D eigenvalue weighted by Gasteiger charge is -2.40. The van der Waals surface area contributed by atoms with Gasteiger partial charge in [0.15, 0.2) is 0 Å². The average Bonchev–Trinajstić information content (AvgIpc) is 2.38. The minimum Gasteiger partial charge on any atom is -0.481 e. The zero-order valence-corrected chi connectivity index (χ0v) is 11.7. The van der Waals surface area contributed by atoms with Crippen molar-refractivity contribution in [3.05, 3.63) is 35.9 Å². The predicted molar refractivity (Wildman–Crippen MR) is 78.1 cm³/mol. The van der Waals surface area contributed by atoms with Gasteiger partial charge in [-0.05, 0) is 18.4 Å². The lowest BCUT2D eigenvalue weighted by atomic mass is 9.91. The van der Waals surface area contributed by atoms with Crippen molar-refractivity contribution in [2.75, 3.05) is 13.1 Å². The number of hydrogen-bond donors (Lipinski definition) is 3. The van der Waals surface area contributed by atoms with Gasteiger partial charge >= 0.3 is 5.97 Å². The molecule has 0 aliphatic carbocycles. The van der Waals surface area contributed by atoms with Crippen LogP contribution in [0.25, 0.3) is 0 Å². The molecule has 1 saturated heterocycles. The Morgan fingerprint density at radius 1 is 1.37 bits per heavy atom. The SMILES string of the molecule is NC(c1ccccc1)N1CCC(S)(CC(=O)O)CC1. The van der Waals surface area contributed by atoms with Gasteiger partial charge in [-0.1, -0.05) is 30.3 Å². The van der Waals surface area contributed by atoms with E-state index in [1.807, 2.05) is 30.3 Å². The van der Waals surface area contributed by atoms with Gasteiger partial charge in [0.05, 0.1) is 12.6 Å². The molecule has 1 aromatic carbocycles. The maximum absolute atomic E-state index is 10.8. The van der Waals surface area contributed by atoms with E-state index in [1.54, 1.807) is 0 Å². The molecule has 0 bridgehead atoms. The molecule has 3 N–H and O–H groups in total. The topological polar surface area (TPSA) is 66.6 Å². The Balaban J connectivity index is 1.95. The summed E-state index contributed by atoms with van der Waals surface area (Å²) in [5.74, 6) is -0.782. The van der Waals surface area contributed by atoms with Crippen LogP contribution in [0.3, 0.4) is 0 Å². The van der Waals surface area contributed by atoms with E-state index in [9.17, 15) is 4.79 Å². The van der Waals surface area contributed by atoms with Crippen LogP contribution in [0.5, 0.6) is 0 Å². The Bertz CT molecular complexity index is 430. The van der Waals surface area contributed by atoms with E-state index in [-0.39, 0.29) is 12.6 Å². The quantitative estimate of drug-likeness (QED) is 0.737. The largest absolute Gasteiger partial charge is 0.481 e. The lowest BCUT2D eigenvalue weighted by molar-refractivity contribution is -0.138. The molecule has 5 heteroatoms. The summed E-state index contributed by atoms with van der Waals surface area (Å²) in [6.07, 6.45) is 1.50. The predicted octanol–water partition coefficient (Wildman–Crippen LogP) is 1.88. The number of carbonyl (C=O) groups is 1. The molecule has 1 aromatic rings. The third-order valence-electron chi connectivity index (χ3n) is 3.74. The van der Waals surface area contributed by atoms with Gasteiger partial charge in [0, 0.05) is 17.8 Å². The summed E-state index contributed by atoms with van der Waals surface area (Å²) in [7, 11) is 0. The molecule has 1 aliphatic heterocycles. The van der Waals surface area contributed by atoms with Crippen LogP contribution >= 0.6 is 12.6 Å². The third kappa shape index (κ3) is 3.72. The number of aliphatic carboxylic acids is 1. The highest BCUT2D eigenvalue weighted by atomic mass is 32.1. The summed E-state index contributed by atoms with van der Waals surface area (Å²) < 4.78 is -0.390. The van der Waals surface area contributed by atoms with Gasteiger partial charge in [0.25, 0.3) is 0 Å². The fourth-order valence-electron chi connectivity index (χ4n) is 2.54. The summed E-state index contributed by atoms with van der Waals surface area (Å²) in [6.45, 7) is 1.57. The van der Waals surface area contributed by atoms with E-state index in [2.05, 4.69) is 17.5 Å². The number of likely N-dealkylation sites (tertiary alicyclic amines) is 1. The Kier molecular flexibility index (Phi) is 4.50. The van der Waals surface area contributed by atoms with E-state index >= 15 is 0 Å². The van der Waals surface area contributed by atoms with Crippen molar-refractivity contribution in [1.82, 2.24) is 4.90 Å². The highest BCUT2D eigenvalue weighted by Crippen LogP contribution is 2.34. The van der Waals surface area contributed by atoms with E-state index < -0.39 is 10.7 Å². The first kappa shape index (κ1) is 14.4. The molecule has 4 nitrogen and oxygen atoms in total. The first-order chi connectivity index (χ1) is 9.00. The molecule has 0 aromatic heterocycles. The maximum atomic E-state index is 10.8. The van der Waals surface area contributed by atoms with Crippen LogP contribution in [0.15, 0.2) is 30.3 Å². The van der Waals surface area contributed by atoms with Crippen LogP contribution in [-0.2, 0) is 4.79 Å². The van der Waals surface area contributed by atoms with Gasteiger partial charge in [-0.25, -0.2) is 0 Å². The summed E-state index contributed by atoms with van der Waals surface area (Å²) in [6, 6.07) is 9.96. The molecule has 1 aliphatic rings. The van der Waals surface area contributed by atoms with Crippen LogP contribution in [-0.4, -0.2) is 33.8 Å². The second kappa shape index (κ2) is 5.94. The number of piperidine rings is 1. The van der Waals surface area contributed by atoms with E-state index in [0.717, 1.165) is 31.5 Å². The lowest BCUT2D eigenvalue weighted by Crippen LogP contribution is -2.46. The number of carboxylic acid groups (broad SMARTS) is 1. The van der Waals surface area contributed by atoms with Crippen LogP contribution in [0.1, 0.15) is 31.0 Å². The number of benzene rings is 1. The number of carboxylic acids is 1. The van der Waals surface area contributed by atoms with Crippen LogP contribution in [0.4, 0.5) is 0 Å². The first-order valence-corrected chi connectivity index (χ1v) is 6.94. The Hall–Kier alpha value is -1.04. The van der Waals surface area contributed by atoms with Crippen LogP contribution in [0, 0.1) is 0 Å². The molecule has 0 amide bonds. The fourth-order valence-corrected chi connectivity index (χ4v) is 2.87. The van der Waals surface area contributed by atoms with Crippen molar-refractivity contribution in [1.29, 1.82) is 0 Å². The summed E-state index contributed by atoms with van der Waals surface area (Å²) in [5, 5.41) is 8.90. The Morgan fingerprint density at radius 3 is 2.47 bits per heavy atom. The molecule has 0 saturated carbocycles. The molecule has 19 heavy (non-hydrogen) atoms. The van der Waals surface area contributed by atoms with Crippen molar-refractivity contribution in [2.45, 2.75) is 30.2 Å². The van der Waals surface area contributed by atoms with Crippen molar-refractivity contribution in [3.8, 4) is 0 Å². The van der Waals surface area contributed by atoms with Crippen LogP contribution in [0.2, 0.25) is 0 Å². The summed E-state index contributed by atoms with van der Waals surface area (Å²) in [5.41, 5.74) is 7.33. The number of rotatable bonds is 4. The van der Waals surface area contributed by atoms with Crippen molar-refractivity contribution < 1.29 is 9.90 Å². The molecule has 1 fully saturated rings. The van der Waals surface area contributed by atoms with Crippen molar-refractivity contribution in [3.63, 3.8) is 0 Å². The van der Waals surface area contributed by atoms with Crippen molar-refractivity contribution >= 4 is 18.6 Å². The highest BCUT2D eigenvalue weighted by molar-refractivity contribution is 7.81. The monoisotopic (exact) mass is 280 g/mol. The zero-order chi connectivity index (χ0) is 13.9. The van der Waals surface area contributed by atoms with Gasteiger partial charge in [-0.15, -0.1) is 0 Å². The number of thiol groups is 1. The van der Waals surface area contributed by atoms with Crippen LogP contribution < -0.4 is 5.73 Å². The number of nitrogens with two attached hydrogens (primary N) is 1. The number of nitrogens with zero attached hydrogens (tertiary/aromatic N) is 1. The maximum Gasteiger partial charge on any atom is 0.304 e. The molecular weight excluding hydrogens is 260 g/mol. The minimum absolute atomic E-state index is 0.116. The van der Waals surface area contributed by atoms with Gasteiger partial charge in [0.1, 0.15) is 0 Å². The first-order valence-electron chi connectivity index (χ1n) is 6.49. The Labute approximate surface area is 119 Å². The van der Waals surface area contributed by atoms with Crippen molar-refractivity contribution in [2.24, 2.45) is 5.73 Å². The van der Waals surface area contributed by atoms with E-state index in [1.165, 1.54) is 0 Å². The molecule has 1 unspecified atom stereocenters. The third-order valence-corrected chi connectivity index (χ3v) is 4.35. The highest BCUT2D eigenvalue weighted by Gasteiger charge is 2.34. The summed E-state index contributed by atoms with van der Waals surface area (Å²) >= 11 is 4.54. The van der Waals surface area contributed by atoms with E-state index in [0.29, 0.717) is 0 Å². The second-order valence-corrected chi connectivity index (χ2v) is 6.14. The molecule has 0 spiro atoms. The molecule has 1 heterocycles. The number of hydrogen-bond acceptors (Lipinski definition) is 4. The normalized spacial score (nSPS) is 20.9. The molecule has 2 rings (SSSR count). The fraction of sp³-hybridized carbons (Fsp3) is 0.500. The zero-order valence-electron chi connectivity index (χ0n) is 10.8. The molecule has 1 atom stereocenters. The smallest absolute Gasteiger partial charge is 0.304 e. The minimum atomic E-state index is -0.782. The van der Waals surface area contributed by atoms with Gasteiger partial charge in [0.2, 0.25) is 0 Å². The molecular formula is C14H20N2O2S.